The molecule has 0 amide bonds. The normalized spacial score (nSPS) is 10.3. The number of carboxylic acids is 1. The van der Waals surface area contributed by atoms with Crippen molar-refractivity contribution in [2.24, 2.45) is 0 Å². The zero-order valence-electron chi connectivity index (χ0n) is 9.55. The summed E-state index contributed by atoms with van der Waals surface area (Å²) in [5.41, 5.74) is 0.252. The predicted molar refractivity (Wildman–Crippen MR) is 68.7 cm³/mol. The molecule has 0 aliphatic carbocycles. The van der Waals surface area contributed by atoms with E-state index in [2.05, 4.69) is 0 Å². The molecular formula is C13H10ClNO3. The molecule has 1 aromatic carbocycles. The van der Waals surface area contributed by atoms with Crippen LogP contribution in [0.5, 0.6) is 0 Å². The van der Waals surface area contributed by atoms with Crippen molar-refractivity contribution in [1.29, 1.82) is 0 Å². The van der Waals surface area contributed by atoms with Crippen molar-refractivity contribution in [3.05, 3.63) is 63.0 Å². The van der Waals surface area contributed by atoms with Crippen LogP contribution in [0.25, 0.3) is 5.69 Å². The maximum atomic E-state index is 12.1. The lowest BCUT2D eigenvalue weighted by Gasteiger charge is -2.08. The van der Waals surface area contributed by atoms with E-state index >= 15 is 0 Å². The SMILES string of the molecule is Cc1ccn(-c2ccc(Cl)cc2)c(=O)c1C(=O)O. The van der Waals surface area contributed by atoms with Gasteiger partial charge in [0.15, 0.2) is 0 Å². The maximum absolute atomic E-state index is 12.1. The number of pyridine rings is 1. The third kappa shape index (κ3) is 2.15. The molecular weight excluding hydrogens is 254 g/mol. The monoisotopic (exact) mass is 263 g/mol. The van der Waals surface area contributed by atoms with Gasteiger partial charge in [0.25, 0.3) is 5.56 Å². The second kappa shape index (κ2) is 4.66. The van der Waals surface area contributed by atoms with E-state index in [0.29, 0.717) is 16.3 Å². The average molecular weight is 264 g/mol. The summed E-state index contributed by atoms with van der Waals surface area (Å²) in [6.45, 7) is 1.59. The van der Waals surface area contributed by atoms with Crippen molar-refractivity contribution in [2.75, 3.05) is 0 Å². The van der Waals surface area contributed by atoms with E-state index in [1.165, 1.54) is 4.57 Å². The van der Waals surface area contributed by atoms with Crippen LogP contribution >= 0.6 is 11.6 Å². The number of rotatable bonds is 2. The van der Waals surface area contributed by atoms with E-state index in [-0.39, 0.29) is 5.56 Å². The number of aromatic nitrogens is 1. The van der Waals surface area contributed by atoms with Crippen LogP contribution in [0.15, 0.2) is 41.3 Å². The molecule has 4 nitrogen and oxygen atoms in total. The van der Waals surface area contributed by atoms with Crippen LogP contribution < -0.4 is 5.56 Å². The fourth-order valence-electron chi connectivity index (χ4n) is 1.69. The van der Waals surface area contributed by atoms with Crippen molar-refractivity contribution in [3.63, 3.8) is 0 Å². The lowest BCUT2D eigenvalue weighted by molar-refractivity contribution is 0.0694. The van der Waals surface area contributed by atoms with Gasteiger partial charge >= 0.3 is 5.97 Å². The van der Waals surface area contributed by atoms with Gasteiger partial charge in [0.05, 0.1) is 0 Å². The van der Waals surface area contributed by atoms with Gasteiger partial charge in [0.2, 0.25) is 0 Å². The van der Waals surface area contributed by atoms with Gasteiger partial charge < -0.3 is 5.11 Å². The highest BCUT2D eigenvalue weighted by Crippen LogP contribution is 2.13. The molecule has 1 aromatic heterocycles. The van der Waals surface area contributed by atoms with Crippen LogP contribution in [0, 0.1) is 6.92 Å². The summed E-state index contributed by atoms with van der Waals surface area (Å²) in [6, 6.07) is 8.20. The van der Waals surface area contributed by atoms with E-state index in [9.17, 15) is 9.59 Å². The Bertz CT molecular complexity index is 659. The van der Waals surface area contributed by atoms with Crippen LogP contribution in [-0.4, -0.2) is 15.6 Å². The first-order valence-corrected chi connectivity index (χ1v) is 5.60. The summed E-state index contributed by atoms with van der Waals surface area (Å²) in [7, 11) is 0. The summed E-state index contributed by atoms with van der Waals surface area (Å²) in [4.78, 5) is 23.1. The van der Waals surface area contributed by atoms with E-state index in [1.807, 2.05) is 0 Å². The van der Waals surface area contributed by atoms with Gasteiger partial charge in [0, 0.05) is 16.9 Å². The summed E-state index contributed by atoms with van der Waals surface area (Å²) < 4.78 is 1.28. The first-order chi connectivity index (χ1) is 8.50. The Kier molecular flexibility index (Phi) is 3.21. The summed E-state index contributed by atoms with van der Waals surface area (Å²) in [6.07, 6.45) is 1.55. The first kappa shape index (κ1) is 12.4. The molecule has 18 heavy (non-hydrogen) atoms. The third-order valence-electron chi connectivity index (χ3n) is 2.62. The molecule has 5 heteroatoms. The summed E-state index contributed by atoms with van der Waals surface area (Å²) >= 11 is 5.76. The van der Waals surface area contributed by atoms with Crippen LogP contribution in [0.4, 0.5) is 0 Å². The van der Waals surface area contributed by atoms with Gasteiger partial charge in [-0.3, -0.25) is 9.36 Å². The second-order valence-electron chi connectivity index (χ2n) is 3.83. The number of hydrogen-bond acceptors (Lipinski definition) is 2. The Labute approximate surface area is 108 Å². The molecule has 0 saturated heterocycles. The average Bonchev–Trinajstić information content (AvgIpc) is 2.30. The van der Waals surface area contributed by atoms with Crippen molar-refractivity contribution in [2.45, 2.75) is 6.92 Å². The fraction of sp³-hybridized carbons (Fsp3) is 0.0769. The number of benzene rings is 1. The minimum atomic E-state index is -1.22. The Hall–Kier alpha value is -2.07. The number of nitrogens with zero attached hydrogens (tertiary/aromatic N) is 1. The second-order valence-corrected chi connectivity index (χ2v) is 4.27. The number of aromatic carboxylic acids is 1. The highest BCUT2D eigenvalue weighted by molar-refractivity contribution is 6.30. The quantitative estimate of drug-likeness (QED) is 0.906. The molecule has 0 saturated carbocycles. The predicted octanol–water partition coefficient (Wildman–Crippen LogP) is 2.50. The first-order valence-electron chi connectivity index (χ1n) is 5.22. The molecule has 2 rings (SSSR count). The van der Waals surface area contributed by atoms with Crippen molar-refractivity contribution >= 4 is 17.6 Å². The van der Waals surface area contributed by atoms with E-state index in [4.69, 9.17) is 16.7 Å². The topological polar surface area (TPSA) is 59.3 Å². The van der Waals surface area contributed by atoms with Crippen LogP contribution in [0.1, 0.15) is 15.9 Å². The van der Waals surface area contributed by atoms with Gasteiger partial charge in [-0.05, 0) is 42.8 Å². The van der Waals surface area contributed by atoms with Crippen LogP contribution in [-0.2, 0) is 0 Å². The number of hydrogen-bond donors (Lipinski definition) is 1. The molecule has 0 radical (unpaired) electrons. The molecule has 0 unspecified atom stereocenters. The minimum Gasteiger partial charge on any atom is -0.477 e. The molecule has 1 heterocycles. The minimum absolute atomic E-state index is 0.215. The van der Waals surface area contributed by atoms with Gasteiger partial charge in [-0.15, -0.1) is 0 Å². The number of aryl methyl sites for hydroxylation is 1. The standard InChI is InChI=1S/C13H10ClNO3/c1-8-6-7-15(12(16)11(8)13(17)18)10-4-2-9(14)3-5-10/h2-7H,1H3,(H,17,18). The van der Waals surface area contributed by atoms with Crippen molar-refractivity contribution in [1.82, 2.24) is 4.57 Å². The zero-order chi connectivity index (χ0) is 13.3. The Morgan fingerprint density at radius 3 is 2.39 bits per heavy atom. The van der Waals surface area contributed by atoms with Crippen LogP contribution in [0.2, 0.25) is 5.02 Å². The van der Waals surface area contributed by atoms with Gasteiger partial charge in [-0.25, -0.2) is 4.79 Å². The molecule has 0 bridgehead atoms. The molecule has 0 aliphatic rings. The molecule has 92 valence electrons. The lowest BCUT2D eigenvalue weighted by atomic mass is 10.1. The smallest absolute Gasteiger partial charge is 0.341 e. The van der Waals surface area contributed by atoms with E-state index in [1.54, 1.807) is 43.5 Å². The molecule has 0 spiro atoms. The number of carboxylic acid groups (broad SMARTS) is 1. The maximum Gasteiger partial charge on any atom is 0.341 e. The molecule has 2 aromatic rings. The zero-order valence-corrected chi connectivity index (χ0v) is 10.3. The molecule has 1 N–H and O–H groups in total. The fourth-order valence-corrected chi connectivity index (χ4v) is 1.82. The highest BCUT2D eigenvalue weighted by Gasteiger charge is 2.14. The third-order valence-corrected chi connectivity index (χ3v) is 2.87. The van der Waals surface area contributed by atoms with Gasteiger partial charge in [-0.2, -0.15) is 0 Å². The van der Waals surface area contributed by atoms with E-state index < -0.39 is 11.5 Å². The van der Waals surface area contributed by atoms with Gasteiger partial charge in [0.1, 0.15) is 5.56 Å². The summed E-state index contributed by atoms with van der Waals surface area (Å²) in [5, 5.41) is 9.58. The largest absolute Gasteiger partial charge is 0.477 e. The number of carbonyl (C=O) groups is 1. The lowest BCUT2D eigenvalue weighted by Crippen LogP contribution is -2.25. The summed E-state index contributed by atoms with van der Waals surface area (Å²) in [5.74, 6) is -1.22. The highest BCUT2D eigenvalue weighted by atomic mass is 35.5. The Morgan fingerprint density at radius 1 is 1.22 bits per heavy atom. The molecule has 0 fully saturated rings. The van der Waals surface area contributed by atoms with Crippen molar-refractivity contribution in [3.8, 4) is 5.69 Å². The molecule has 0 aliphatic heterocycles. The number of halogens is 1. The molecule has 0 atom stereocenters. The van der Waals surface area contributed by atoms with Gasteiger partial charge in [-0.1, -0.05) is 11.6 Å². The van der Waals surface area contributed by atoms with Crippen LogP contribution in [0.3, 0.4) is 0 Å². The van der Waals surface area contributed by atoms with Crippen molar-refractivity contribution < 1.29 is 9.90 Å². The Balaban J connectivity index is 2.67. The Morgan fingerprint density at radius 2 is 1.83 bits per heavy atom. The van der Waals surface area contributed by atoms with E-state index in [0.717, 1.165) is 0 Å².